The summed E-state index contributed by atoms with van der Waals surface area (Å²) < 4.78 is 0.880. The lowest BCUT2D eigenvalue weighted by Gasteiger charge is -2.26. The van der Waals surface area contributed by atoms with Gasteiger partial charge in [-0.1, -0.05) is 65.1 Å². The minimum Gasteiger partial charge on any atom is -0.269 e. The summed E-state index contributed by atoms with van der Waals surface area (Å²) in [6.07, 6.45) is 0.760. The predicted molar refractivity (Wildman–Crippen MR) is 89.6 cm³/mol. The lowest BCUT2D eigenvalue weighted by atomic mass is 10.0. The molecule has 106 valence electrons. The summed E-state index contributed by atoms with van der Waals surface area (Å²) in [5.74, 6) is -0.372. The van der Waals surface area contributed by atoms with E-state index in [1.54, 1.807) is 24.3 Å². The van der Waals surface area contributed by atoms with Crippen molar-refractivity contribution in [3.05, 3.63) is 71.3 Å². The number of carbonyl (C=O) groups is 2. The van der Waals surface area contributed by atoms with E-state index in [-0.39, 0.29) is 17.9 Å². The topological polar surface area (TPSA) is 37.4 Å². The molecule has 1 atom stereocenters. The molecule has 0 fully saturated rings. The number of hydrogen-bond donors (Lipinski definition) is 0. The molecule has 0 saturated carbocycles. The third-order valence-corrected chi connectivity index (χ3v) is 4.33. The molecule has 0 saturated heterocycles. The third-order valence-electron chi connectivity index (χ3n) is 3.70. The second-order valence-electron chi connectivity index (χ2n) is 4.93. The molecule has 1 aliphatic rings. The fourth-order valence-electron chi connectivity index (χ4n) is 2.71. The van der Waals surface area contributed by atoms with Crippen LogP contribution in [-0.2, 0) is 0 Å². The number of rotatable bonds is 4. The Morgan fingerprint density at radius 1 is 0.857 bits per heavy atom. The number of benzene rings is 2. The number of hydrogen-bond acceptors (Lipinski definition) is 2. The van der Waals surface area contributed by atoms with E-state index < -0.39 is 0 Å². The van der Waals surface area contributed by atoms with Gasteiger partial charge in [0, 0.05) is 4.43 Å². The molecular formula is C17H14INO2. The number of imide groups is 1. The van der Waals surface area contributed by atoms with E-state index in [4.69, 9.17) is 0 Å². The Morgan fingerprint density at radius 3 is 1.90 bits per heavy atom. The zero-order valence-electron chi connectivity index (χ0n) is 11.3. The number of carbonyl (C=O) groups excluding carboxylic acids is 2. The summed E-state index contributed by atoms with van der Waals surface area (Å²) >= 11 is 2.28. The predicted octanol–water partition coefficient (Wildman–Crippen LogP) is 3.85. The molecule has 0 bridgehead atoms. The van der Waals surface area contributed by atoms with E-state index in [0.717, 1.165) is 16.4 Å². The lowest BCUT2D eigenvalue weighted by Crippen LogP contribution is -2.34. The number of alkyl halides is 1. The van der Waals surface area contributed by atoms with Gasteiger partial charge in [0.25, 0.3) is 11.8 Å². The molecule has 0 spiro atoms. The van der Waals surface area contributed by atoms with Crippen molar-refractivity contribution in [2.75, 3.05) is 4.43 Å². The van der Waals surface area contributed by atoms with E-state index in [9.17, 15) is 9.59 Å². The number of halogens is 1. The van der Waals surface area contributed by atoms with Crippen molar-refractivity contribution < 1.29 is 9.59 Å². The molecule has 3 rings (SSSR count). The van der Waals surface area contributed by atoms with Gasteiger partial charge in [0.1, 0.15) is 0 Å². The summed E-state index contributed by atoms with van der Waals surface area (Å²) in [7, 11) is 0. The minimum atomic E-state index is -0.199. The Balaban J connectivity index is 2.02. The maximum absolute atomic E-state index is 12.6. The lowest BCUT2D eigenvalue weighted by molar-refractivity contribution is 0.0579. The zero-order valence-corrected chi connectivity index (χ0v) is 13.5. The van der Waals surface area contributed by atoms with Crippen molar-refractivity contribution in [1.82, 2.24) is 4.90 Å². The molecule has 0 radical (unpaired) electrons. The molecule has 0 aliphatic carbocycles. The standard InChI is InChI=1S/C17H14INO2/c18-11-10-15(12-6-2-1-3-7-12)19-16(20)13-8-4-5-9-14(13)17(19)21/h1-9,15H,10-11H2. The van der Waals surface area contributed by atoms with E-state index in [2.05, 4.69) is 22.6 Å². The van der Waals surface area contributed by atoms with Gasteiger partial charge < -0.3 is 0 Å². The van der Waals surface area contributed by atoms with Gasteiger partial charge in [-0.15, -0.1) is 0 Å². The van der Waals surface area contributed by atoms with Crippen LogP contribution < -0.4 is 0 Å². The average Bonchev–Trinajstić information content (AvgIpc) is 2.78. The number of amides is 2. The number of fused-ring (bicyclic) bond motifs is 1. The van der Waals surface area contributed by atoms with Gasteiger partial charge in [0.15, 0.2) is 0 Å². The fraction of sp³-hybridized carbons (Fsp3) is 0.176. The quantitative estimate of drug-likeness (QED) is 0.451. The maximum atomic E-state index is 12.6. The second-order valence-corrected chi connectivity index (χ2v) is 6.01. The average molecular weight is 391 g/mol. The first-order chi connectivity index (χ1) is 10.2. The highest BCUT2D eigenvalue weighted by Gasteiger charge is 2.39. The van der Waals surface area contributed by atoms with E-state index in [1.165, 1.54) is 4.90 Å². The monoisotopic (exact) mass is 391 g/mol. The van der Waals surface area contributed by atoms with Crippen LogP contribution in [0.4, 0.5) is 0 Å². The van der Waals surface area contributed by atoms with Gasteiger partial charge in [0.2, 0.25) is 0 Å². The van der Waals surface area contributed by atoms with Crippen LogP contribution in [0.2, 0.25) is 0 Å². The second kappa shape index (κ2) is 5.97. The smallest absolute Gasteiger partial charge is 0.262 e. The van der Waals surface area contributed by atoms with Gasteiger partial charge >= 0.3 is 0 Å². The van der Waals surface area contributed by atoms with Crippen LogP contribution in [0, 0.1) is 0 Å². The molecule has 0 N–H and O–H groups in total. The van der Waals surface area contributed by atoms with Crippen LogP contribution in [0.3, 0.4) is 0 Å². The molecule has 1 heterocycles. The van der Waals surface area contributed by atoms with Gasteiger partial charge in [0.05, 0.1) is 17.2 Å². The maximum Gasteiger partial charge on any atom is 0.262 e. The van der Waals surface area contributed by atoms with Crippen molar-refractivity contribution in [1.29, 1.82) is 0 Å². The van der Waals surface area contributed by atoms with E-state index in [0.29, 0.717) is 11.1 Å². The first-order valence-corrected chi connectivity index (χ1v) is 8.34. The molecule has 4 heteroatoms. The number of nitrogens with zero attached hydrogens (tertiary/aromatic N) is 1. The van der Waals surface area contributed by atoms with Crippen LogP contribution in [0.25, 0.3) is 0 Å². The summed E-state index contributed by atoms with van der Waals surface area (Å²) in [6.45, 7) is 0. The Labute approximate surface area is 137 Å². The molecule has 1 aliphatic heterocycles. The van der Waals surface area contributed by atoms with Crippen LogP contribution in [0.5, 0.6) is 0 Å². The van der Waals surface area contributed by atoms with Crippen LogP contribution in [0.1, 0.15) is 38.7 Å². The molecule has 2 aromatic carbocycles. The molecule has 1 unspecified atom stereocenters. The van der Waals surface area contributed by atoms with E-state index >= 15 is 0 Å². The fourth-order valence-corrected chi connectivity index (χ4v) is 3.30. The molecule has 2 amide bonds. The zero-order chi connectivity index (χ0) is 14.8. The Hall–Kier alpha value is -1.69. The first kappa shape index (κ1) is 14.3. The Morgan fingerprint density at radius 2 is 1.38 bits per heavy atom. The van der Waals surface area contributed by atoms with Gasteiger partial charge in [-0.05, 0) is 24.1 Å². The van der Waals surface area contributed by atoms with Crippen LogP contribution >= 0.6 is 22.6 Å². The van der Waals surface area contributed by atoms with E-state index in [1.807, 2.05) is 30.3 Å². The van der Waals surface area contributed by atoms with Crippen molar-refractivity contribution in [2.45, 2.75) is 12.5 Å². The Bertz CT molecular complexity index is 649. The van der Waals surface area contributed by atoms with Crippen molar-refractivity contribution in [2.24, 2.45) is 0 Å². The molecule has 2 aromatic rings. The van der Waals surface area contributed by atoms with Gasteiger partial charge in [-0.3, -0.25) is 14.5 Å². The van der Waals surface area contributed by atoms with Crippen LogP contribution in [-0.4, -0.2) is 21.1 Å². The summed E-state index contributed by atoms with van der Waals surface area (Å²) in [5, 5.41) is 0. The SMILES string of the molecule is O=C1c2ccccc2C(=O)N1C(CCI)c1ccccc1. The summed E-state index contributed by atoms with van der Waals surface area (Å²) in [5.41, 5.74) is 2.03. The highest BCUT2D eigenvalue weighted by Crippen LogP contribution is 2.33. The highest BCUT2D eigenvalue weighted by molar-refractivity contribution is 14.1. The van der Waals surface area contributed by atoms with Gasteiger partial charge in [-0.25, -0.2) is 0 Å². The molecule has 0 aromatic heterocycles. The molecular weight excluding hydrogens is 377 g/mol. The summed E-state index contributed by atoms with van der Waals surface area (Å²) in [4.78, 5) is 26.6. The van der Waals surface area contributed by atoms with Crippen molar-refractivity contribution >= 4 is 34.4 Å². The molecule has 21 heavy (non-hydrogen) atoms. The van der Waals surface area contributed by atoms with Crippen molar-refractivity contribution in [3.8, 4) is 0 Å². The van der Waals surface area contributed by atoms with Crippen molar-refractivity contribution in [3.63, 3.8) is 0 Å². The summed E-state index contributed by atoms with van der Waals surface area (Å²) in [6, 6.07) is 16.6. The first-order valence-electron chi connectivity index (χ1n) is 6.82. The molecule has 3 nitrogen and oxygen atoms in total. The minimum absolute atomic E-state index is 0.186. The normalized spacial score (nSPS) is 15.2. The Kier molecular flexibility index (Phi) is 4.05. The highest BCUT2D eigenvalue weighted by atomic mass is 127. The van der Waals surface area contributed by atoms with Gasteiger partial charge in [-0.2, -0.15) is 0 Å². The third kappa shape index (κ3) is 2.48. The largest absolute Gasteiger partial charge is 0.269 e. The van der Waals surface area contributed by atoms with Crippen LogP contribution in [0.15, 0.2) is 54.6 Å².